The van der Waals surface area contributed by atoms with Crippen molar-refractivity contribution in [2.45, 2.75) is 45.7 Å². The number of nitrogen functional groups attached to an aromatic ring is 1. The van der Waals surface area contributed by atoms with Crippen molar-refractivity contribution in [3.05, 3.63) is 35.2 Å². The largest absolute Gasteiger partial charge is 0.486 e. The Kier molecular flexibility index (Phi) is 5.89. The number of rotatable bonds is 6. The van der Waals surface area contributed by atoms with Gasteiger partial charge in [-0.3, -0.25) is 0 Å². The number of hydrogen-bond acceptors (Lipinski definition) is 7. The summed E-state index contributed by atoms with van der Waals surface area (Å²) in [7, 11) is 0. The maximum absolute atomic E-state index is 14.0. The number of benzene rings is 1. The predicted octanol–water partition coefficient (Wildman–Crippen LogP) is 2.67. The molecule has 3 heterocycles. The third kappa shape index (κ3) is 4.60. The Bertz CT molecular complexity index is 1190. The normalized spacial score (nSPS) is 13.3. The van der Waals surface area contributed by atoms with E-state index < -0.39 is 6.08 Å². The molecule has 0 spiro atoms. The Labute approximate surface area is 186 Å². The van der Waals surface area contributed by atoms with Crippen LogP contribution >= 0.6 is 0 Å². The molecule has 9 heteroatoms. The molecule has 32 heavy (non-hydrogen) atoms. The quantitative estimate of drug-likeness (QED) is 0.347. The zero-order valence-corrected chi connectivity index (χ0v) is 18.5. The van der Waals surface area contributed by atoms with Crippen molar-refractivity contribution < 1.29 is 13.9 Å². The Balaban J connectivity index is 1.70. The first-order valence-corrected chi connectivity index (χ1v) is 10.6. The first-order chi connectivity index (χ1) is 15.2. The Hall–Kier alpha value is -3.38. The van der Waals surface area contributed by atoms with Crippen LogP contribution in [0.25, 0.3) is 11.2 Å². The van der Waals surface area contributed by atoms with Crippen molar-refractivity contribution in [1.82, 2.24) is 24.8 Å². The van der Waals surface area contributed by atoms with Gasteiger partial charge in [0.1, 0.15) is 19.0 Å². The molecule has 2 aromatic heterocycles. The van der Waals surface area contributed by atoms with Gasteiger partial charge in [0.25, 0.3) is 0 Å². The minimum absolute atomic E-state index is 0.00540. The molecule has 0 amide bonds. The van der Waals surface area contributed by atoms with Gasteiger partial charge in [0.15, 0.2) is 28.5 Å². The van der Waals surface area contributed by atoms with Gasteiger partial charge in [-0.05, 0) is 51.4 Å². The maximum atomic E-state index is 14.0. The third-order valence-corrected chi connectivity index (χ3v) is 5.16. The van der Waals surface area contributed by atoms with E-state index in [1.54, 1.807) is 6.07 Å². The fourth-order valence-electron chi connectivity index (χ4n) is 3.69. The molecule has 0 atom stereocenters. The number of nitrogens with zero attached hydrogens (tertiary/aromatic N) is 4. The molecule has 3 N–H and O–H groups in total. The van der Waals surface area contributed by atoms with Crippen molar-refractivity contribution in [2.75, 3.05) is 25.5 Å². The van der Waals surface area contributed by atoms with Gasteiger partial charge in [-0.1, -0.05) is 5.92 Å². The molecule has 4 rings (SSSR count). The number of aromatic nitrogens is 4. The second kappa shape index (κ2) is 8.63. The zero-order valence-electron chi connectivity index (χ0n) is 18.5. The van der Waals surface area contributed by atoms with Crippen LogP contribution in [0.3, 0.4) is 0 Å². The summed E-state index contributed by atoms with van der Waals surface area (Å²) in [5.41, 5.74) is 8.25. The molecular formula is C23H27FN6O2. The van der Waals surface area contributed by atoms with Crippen molar-refractivity contribution in [2.24, 2.45) is 0 Å². The molecule has 3 aromatic rings. The van der Waals surface area contributed by atoms with E-state index in [1.165, 1.54) is 0 Å². The summed E-state index contributed by atoms with van der Waals surface area (Å²) in [6.07, 6.45) is 6.08. The summed E-state index contributed by atoms with van der Waals surface area (Å²) >= 11 is 0. The number of nitrogens with two attached hydrogens (primary N) is 1. The maximum Gasteiger partial charge on any atom is 0.312 e. The highest BCUT2D eigenvalue weighted by Crippen LogP contribution is 2.34. The van der Waals surface area contributed by atoms with Gasteiger partial charge in [0.2, 0.25) is 0 Å². The summed E-state index contributed by atoms with van der Waals surface area (Å²) in [5, 5.41) is 3.45. The van der Waals surface area contributed by atoms with Crippen LogP contribution in [0, 0.1) is 18.4 Å². The molecule has 0 radical (unpaired) electrons. The van der Waals surface area contributed by atoms with Crippen molar-refractivity contribution in [1.29, 1.82) is 0 Å². The van der Waals surface area contributed by atoms with E-state index in [2.05, 4.69) is 47.0 Å². The van der Waals surface area contributed by atoms with Gasteiger partial charge in [-0.25, -0.2) is 4.98 Å². The number of fused-ring (bicyclic) bond motifs is 2. The number of hydrogen-bond donors (Lipinski definition) is 2. The highest BCUT2D eigenvalue weighted by Gasteiger charge is 2.20. The Morgan fingerprint density at radius 1 is 1.19 bits per heavy atom. The SMILES string of the molecule is C#Cc1cc2c(cc1Cc1nc3c(N)nc(F)nc3n1CCCNC(C)(C)C)OCCO2. The van der Waals surface area contributed by atoms with Gasteiger partial charge in [0, 0.05) is 24.1 Å². The molecule has 0 fully saturated rings. The number of terminal acetylenes is 1. The molecular weight excluding hydrogens is 411 g/mol. The monoisotopic (exact) mass is 438 g/mol. The molecule has 1 aromatic carbocycles. The third-order valence-electron chi connectivity index (χ3n) is 5.16. The Morgan fingerprint density at radius 2 is 1.91 bits per heavy atom. The molecule has 1 aliphatic rings. The number of nitrogens with one attached hydrogen (secondary N) is 1. The van der Waals surface area contributed by atoms with E-state index >= 15 is 0 Å². The van der Waals surface area contributed by atoms with Crippen LogP contribution in [0.1, 0.15) is 44.1 Å². The highest BCUT2D eigenvalue weighted by atomic mass is 19.1. The van der Waals surface area contributed by atoms with Crippen molar-refractivity contribution >= 4 is 17.0 Å². The van der Waals surface area contributed by atoms with Crippen LogP contribution in [0.5, 0.6) is 11.5 Å². The van der Waals surface area contributed by atoms with E-state index in [4.69, 9.17) is 21.6 Å². The molecule has 0 bridgehead atoms. The standard InChI is InChI=1S/C23H27FN6O2/c1-5-14-11-16-17(32-10-9-31-16)12-15(14)13-18-27-19-20(25)28-22(24)29-21(19)30(18)8-6-7-26-23(2,3)4/h1,11-12,26H,6-10,13H2,2-4H3,(H2,25,28,29). The van der Waals surface area contributed by atoms with Gasteiger partial charge in [-0.15, -0.1) is 6.42 Å². The van der Waals surface area contributed by atoms with Gasteiger partial charge in [-0.2, -0.15) is 14.4 Å². The second-order valence-corrected chi connectivity index (χ2v) is 8.73. The van der Waals surface area contributed by atoms with E-state index in [-0.39, 0.29) is 11.4 Å². The fourth-order valence-corrected chi connectivity index (χ4v) is 3.69. The number of anilines is 1. The van der Waals surface area contributed by atoms with Crippen LogP contribution < -0.4 is 20.5 Å². The molecule has 0 aliphatic carbocycles. The number of imidazole rings is 1. The lowest BCUT2D eigenvalue weighted by Gasteiger charge is -2.21. The lowest BCUT2D eigenvalue weighted by molar-refractivity contribution is 0.171. The van der Waals surface area contributed by atoms with E-state index in [1.807, 2.05) is 10.6 Å². The van der Waals surface area contributed by atoms with Crippen LogP contribution in [-0.4, -0.2) is 44.8 Å². The van der Waals surface area contributed by atoms with Crippen molar-refractivity contribution in [3.8, 4) is 23.8 Å². The Morgan fingerprint density at radius 3 is 2.59 bits per heavy atom. The van der Waals surface area contributed by atoms with Gasteiger partial charge < -0.3 is 25.1 Å². The summed E-state index contributed by atoms with van der Waals surface area (Å²) < 4.78 is 27.2. The van der Waals surface area contributed by atoms with Gasteiger partial charge in [0.05, 0.1) is 0 Å². The van der Waals surface area contributed by atoms with E-state index in [0.717, 1.165) is 18.5 Å². The summed E-state index contributed by atoms with van der Waals surface area (Å²) in [4.78, 5) is 12.3. The summed E-state index contributed by atoms with van der Waals surface area (Å²) in [6.45, 7) is 8.66. The van der Waals surface area contributed by atoms with Crippen molar-refractivity contribution in [3.63, 3.8) is 0 Å². The van der Waals surface area contributed by atoms with Crippen LogP contribution in [-0.2, 0) is 13.0 Å². The molecule has 0 saturated heterocycles. The van der Waals surface area contributed by atoms with Crippen LogP contribution in [0.2, 0.25) is 0 Å². The fraction of sp³-hybridized carbons (Fsp3) is 0.435. The van der Waals surface area contributed by atoms with E-state index in [0.29, 0.717) is 60.2 Å². The topological polar surface area (TPSA) is 100 Å². The number of ether oxygens (including phenoxy) is 2. The average molecular weight is 439 g/mol. The first kappa shape index (κ1) is 21.8. The second-order valence-electron chi connectivity index (χ2n) is 8.73. The van der Waals surface area contributed by atoms with E-state index in [9.17, 15) is 4.39 Å². The lowest BCUT2D eigenvalue weighted by atomic mass is 10.0. The number of aryl methyl sites for hydroxylation is 1. The minimum Gasteiger partial charge on any atom is -0.486 e. The molecule has 8 nitrogen and oxygen atoms in total. The van der Waals surface area contributed by atoms with Crippen LogP contribution in [0.4, 0.5) is 10.2 Å². The molecule has 1 aliphatic heterocycles. The lowest BCUT2D eigenvalue weighted by Crippen LogP contribution is -2.36. The average Bonchev–Trinajstić information content (AvgIpc) is 3.07. The smallest absolute Gasteiger partial charge is 0.312 e. The summed E-state index contributed by atoms with van der Waals surface area (Å²) in [6, 6.07) is 3.68. The first-order valence-electron chi connectivity index (χ1n) is 10.6. The predicted molar refractivity (Wildman–Crippen MR) is 120 cm³/mol. The number of halogens is 1. The molecule has 168 valence electrons. The summed E-state index contributed by atoms with van der Waals surface area (Å²) in [5.74, 6) is 4.68. The minimum atomic E-state index is -0.876. The van der Waals surface area contributed by atoms with Crippen LogP contribution in [0.15, 0.2) is 12.1 Å². The highest BCUT2D eigenvalue weighted by molar-refractivity contribution is 5.82. The molecule has 0 unspecified atom stereocenters. The zero-order chi connectivity index (χ0) is 22.9. The van der Waals surface area contributed by atoms with Gasteiger partial charge >= 0.3 is 6.08 Å². The molecule has 0 saturated carbocycles.